The second kappa shape index (κ2) is 6.61. The van der Waals surface area contributed by atoms with E-state index in [0.29, 0.717) is 17.0 Å². The normalized spacial score (nSPS) is 11.0. The van der Waals surface area contributed by atoms with Crippen LogP contribution in [0.4, 0.5) is 5.69 Å². The Morgan fingerprint density at radius 3 is 2.57 bits per heavy atom. The summed E-state index contributed by atoms with van der Waals surface area (Å²) in [7, 11) is -3.35. The molecule has 0 amide bonds. The molecule has 2 N–H and O–H groups in total. The molecule has 1 heterocycles. The van der Waals surface area contributed by atoms with Gasteiger partial charge in [0.25, 0.3) is 0 Å². The highest BCUT2D eigenvalue weighted by Gasteiger charge is 2.14. The largest absolute Gasteiger partial charge is 0.397 e. The first-order valence-corrected chi connectivity index (χ1v) is 8.72. The first-order chi connectivity index (χ1) is 10.0. The molecule has 1 aromatic carbocycles. The Balaban J connectivity index is 2.01. The average Bonchev–Trinajstić information content (AvgIpc) is 2.49. The van der Waals surface area contributed by atoms with E-state index in [4.69, 9.17) is 11.0 Å². The van der Waals surface area contributed by atoms with E-state index >= 15 is 0 Å². The Labute approximate surface area is 127 Å². The number of rotatable bonds is 5. The molecular weight excluding hydrogens is 306 g/mol. The number of nitriles is 1. The Hall–Kier alpha value is -2.04. The molecule has 0 aliphatic carbocycles. The molecule has 0 saturated heterocycles. The van der Waals surface area contributed by atoms with Crippen molar-refractivity contribution in [1.82, 2.24) is 4.98 Å². The number of sulfone groups is 1. The molecule has 2 aromatic rings. The Kier molecular flexibility index (Phi) is 4.83. The van der Waals surface area contributed by atoms with Crippen LogP contribution in [-0.2, 0) is 9.84 Å². The summed E-state index contributed by atoms with van der Waals surface area (Å²) in [4.78, 5) is 4.93. The van der Waals surface area contributed by atoms with Crippen LogP contribution >= 0.6 is 11.8 Å². The van der Waals surface area contributed by atoms with Gasteiger partial charge in [-0.25, -0.2) is 8.42 Å². The van der Waals surface area contributed by atoms with Gasteiger partial charge in [0, 0.05) is 16.8 Å². The number of nitrogen functional groups attached to an aromatic ring is 1. The van der Waals surface area contributed by atoms with Crippen LogP contribution in [0.1, 0.15) is 5.56 Å². The molecule has 0 radical (unpaired) electrons. The molecule has 108 valence electrons. The molecule has 0 fully saturated rings. The SMILES string of the molecule is N#Cc1ccc(S(=O)(=O)CCSc2ccncc2N)cc1. The topological polar surface area (TPSA) is 96.8 Å². The van der Waals surface area contributed by atoms with Gasteiger partial charge in [-0.1, -0.05) is 0 Å². The van der Waals surface area contributed by atoms with Crippen LogP contribution in [0.3, 0.4) is 0 Å². The molecule has 0 saturated carbocycles. The highest BCUT2D eigenvalue weighted by atomic mass is 32.2. The van der Waals surface area contributed by atoms with Gasteiger partial charge in [0.2, 0.25) is 0 Å². The Bertz CT molecular complexity index is 766. The summed E-state index contributed by atoms with van der Waals surface area (Å²) in [6.07, 6.45) is 3.16. The fraction of sp³-hybridized carbons (Fsp3) is 0.143. The number of hydrogen-bond donors (Lipinski definition) is 1. The quantitative estimate of drug-likeness (QED) is 0.848. The highest BCUT2D eigenvalue weighted by molar-refractivity contribution is 8.00. The fourth-order valence-corrected chi connectivity index (χ4v) is 4.24. The van der Waals surface area contributed by atoms with Crippen molar-refractivity contribution in [2.75, 3.05) is 17.2 Å². The van der Waals surface area contributed by atoms with Gasteiger partial charge in [-0.3, -0.25) is 4.98 Å². The summed E-state index contributed by atoms with van der Waals surface area (Å²) < 4.78 is 24.3. The molecule has 0 spiro atoms. The van der Waals surface area contributed by atoms with Gasteiger partial charge in [-0.2, -0.15) is 5.26 Å². The Morgan fingerprint density at radius 2 is 1.95 bits per heavy atom. The van der Waals surface area contributed by atoms with Crippen molar-refractivity contribution >= 4 is 27.3 Å². The monoisotopic (exact) mass is 319 g/mol. The molecule has 0 atom stereocenters. The van der Waals surface area contributed by atoms with Gasteiger partial charge in [0.15, 0.2) is 9.84 Å². The molecule has 0 bridgehead atoms. The third-order valence-electron chi connectivity index (χ3n) is 2.76. The molecule has 1 aromatic heterocycles. The second-order valence-electron chi connectivity index (χ2n) is 4.22. The lowest BCUT2D eigenvalue weighted by Crippen LogP contribution is -2.09. The molecule has 0 aliphatic heterocycles. The van der Waals surface area contributed by atoms with E-state index in [1.807, 2.05) is 6.07 Å². The van der Waals surface area contributed by atoms with E-state index in [9.17, 15) is 8.42 Å². The molecule has 0 unspecified atom stereocenters. The Morgan fingerprint density at radius 1 is 1.24 bits per heavy atom. The number of pyridine rings is 1. The standard InChI is InChI=1S/C14H13N3O2S2/c15-9-11-1-3-12(4-2-11)21(18,19)8-7-20-14-5-6-17-10-13(14)16/h1-6,10H,7-8,16H2. The van der Waals surface area contributed by atoms with E-state index in [-0.39, 0.29) is 10.6 Å². The maximum atomic E-state index is 12.2. The predicted molar refractivity (Wildman–Crippen MR) is 82.6 cm³/mol. The van der Waals surface area contributed by atoms with Crippen molar-refractivity contribution in [1.29, 1.82) is 5.26 Å². The zero-order valence-corrected chi connectivity index (χ0v) is 12.7. The molecule has 5 nitrogen and oxygen atoms in total. The minimum Gasteiger partial charge on any atom is -0.397 e. The van der Waals surface area contributed by atoms with Crippen LogP contribution < -0.4 is 5.73 Å². The molecular formula is C14H13N3O2S2. The number of hydrogen-bond acceptors (Lipinski definition) is 6. The first-order valence-electron chi connectivity index (χ1n) is 6.08. The summed E-state index contributed by atoms with van der Waals surface area (Å²) in [5, 5.41) is 8.71. The zero-order chi connectivity index (χ0) is 15.3. The summed E-state index contributed by atoms with van der Waals surface area (Å²) in [5.41, 5.74) is 6.73. The van der Waals surface area contributed by atoms with Crippen LogP contribution in [0, 0.1) is 11.3 Å². The van der Waals surface area contributed by atoms with Crippen LogP contribution in [0.25, 0.3) is 0 Å². The summed E-state index contributed by atoms with van der Waals surface area (Å²) >= 11 is 1.38. The number of thioether (sulfide) groups is 1. The first kappa shape index (κ1) is 15.4. The maximum absolute atomic E-state index is 12.2. The van der Waals surface area contributed by atoms with Crippen LogP contribution in [0.5, 0.6) is 0 Å². The van der Waals surface area contributed by atoms with Gasteiger partial charge >= 0.3 is 0 Å². The average molecular weight is 319 g/mol. The van der Waals surface area contributed by atoms with Crippen molar-refractivity contribution < 1.29 is 8.42 Å². The highest BCUT2D eigenvalue weighted by Crippen LogP contribution is 2.24. The van der Waals surface area contributed by atoms with Crippen molar-refractivity contribution in [2.45, 2.75) is 9.79 Å². The van der Waals surface area contributed by atoms with E-state index in [2.05, 4.69) is 4.98 Å². The van der Waals surface area contributed by atoms with Crippen molar-refractivity contribution in [2.24, 2.45) is 0 Å². The van der Waals surface area contributed by atoms with Crippen LogP contribution in [0.15, 0.2) is 52.5 Å². The fourth-order valence-electron chi connectivity index (χ4n) is 1.64. The van der Waals surface area contributed by atoms with Crippen LogP contribution in [0.2, 0.25) is 0 Å². The smallest absolute Gasteiger partial charge is 0.179 e. The lowest BCUT2D eigenvalue weighted by atomic mass is 10.2. The van der Waals surface area contributed by atoms with E-state index in [1.165, 1.54) is 42.2 Å². The lowest BCUT2D eigenvalue weighted by molar-refractivity contribution is 0.597. The van der Waals surface area contributed by atoms with E-state index in [1.54, 1.807) is 12.3 Å². The number of anilines is 1. The molecule has 0 aliphatic rings. The second-order valence-corrected chi connectivity index (χ2v) is 7.46. The number of nitrogens with two attached hydrogens (primary N) is 1. The van der Waals surface area contributed by atoms with E-state index in [0.717, 1.165) is 4.90 Å². The van der Waals surface area contributed by atoms with Gasteiger partial charge in [-0.15, -0.1) is 11.8 Å². The third kappa shape index (κ3) is 3.97. The minimum atomic E-state index is -3.35. The van der Waals surface area contributed by atoms with E-state index < -0.39 is 9.84 Å². The van der Waals surface area contributed by atoms with Gasteiger partial charge in [0.05, 0.1) is 34.2 Å². The minimum absolute atomic E-state index is 0.00529. The lowest BCUT2D eigenvalue weighted by Gasteiger charge is -2.06. The van der Waals surface area contributed by atoms with Gasteiger partial charge in [-0.05, 0) is 30.3 Å². The maximum Gasteiger partial charge on any atom is 0.179 e. The molecule has 7 heteroatoms. The van der Waals surface area contributed by atoms with Crippen molar-refractivity contribution in [3.05, 3.63) is 48.3 Å². The molecule has 21 heavy (non-hydrogen) atoms. The zero-order valence-electron chi connectivity index (χ0n) is 11.1. The van der Waals surface area contributed by atoms with Gasteiger partial charge < -0.3 is 5.73 Å². The van der Waals surface area contributed by atoms with Crippen molar-refractivity contribution in [3.8, 4) is 6.07 Å². The third-order valence-corrected chi connectivity index (χ3v) is 5.84. The van der Waals surface area contributed by atoms with Crippen molar-refractivity contribution in [3.63, 3.8) is 0 Å². The number of aromatic nitrogens is 1. The summed E-state index contributed by atoms with van der Waals surface area (Å²) in [6, 6.07) is 9.63. The molecule has 2 rings (SSSR count). The number of benzene rings is 1. The van der Waals surface area contributed by atoms with Crippen LogP contribution in [-0.4, -0.2) is 24.9 Å². The van der Waals surface area contributed by atoms with Gasteiger partial charge in [0.1, 0.15) is 0 Å². The summed E-state index contributed by atoms with van der Waals surface area (Å²) in [6.45, 7) is 0. The number of nitrogens with zero attached hydrogens (tertiary/aromatic N) is 2. The summed E-state index contributed by atoms with van der Waals surface area (Å²) in [5.74, 6) is 0.405. The predicted octanol–water partition coefficient (Wildman–Crippen LogP) is 2.10.